The molecule has 0 radical (unpaired) electrons. The number of hydrogen-bond donors (Lipinski definition) is 2. The molecule has 0 aliphatic heterocycles. The predicted octanol–water partition coefficient (Wildman–Crippen LogP) is 0.298. The van der Waals surface area contributed by atoms with E-state index in [1.807, 2.05) is 20.8 Å². The van der Waals surface area contributed by atoms with Gasteiger partial charge < -0.3 is 15.2 Å². The van der Waals surface area contributed by atoms with E-state index in [4.69, 9.17) is 9.84 Å². The van der Waals surface area contributed by atoms with Crippen molar-refractivity contribution in [3.05, 3.63) is 0 Å². The highest BCUT2D eigenvalue weighted by atomic mass is 16.6. The lowest BCUT2D eigenvalue weighted by Gasteiger charge is -2.19. The highest BCUT2D eigenvalue weighted by Gasteiger charge is 2.15. The summed E-state index contributed by atoms with van der Waals surface area (Å²) in [6, 6.07) is 0. The van der Waals surface area contributed by atoms with E-state index < -0.39 is 11.7 Å². The Morgan fingerprint density at radius 3 is 2.46 bits per heavy atom. The van der Waals surface area contributed by atoms with Gasteiger partial charge in [0.2, 0.25) is 0 Å². The number of hydrogen-bond acceptors (Lipinski definition) is 4. The number of esters is 1. The van der Waals surface area contributed by atoms with Gasteiger partial charge in [0.25, 0.3) is 0 Å². The Balaban J connectivity index is 3.53. The van der Waals surface area contributed by atoms with Crippen LogP contribution in [0.15, 0.2) is 0 Å². The normalized spacial score (nSPS) is 13.9. The molecule has 0 aromatic heterocycles. The molecule has 0 aliphatic carbocycles. The van der Waals surface area contributed by atoms with Crippen LogP contribution in [0.25, 0.3) is 0 Å². The van der Waals surface area contributed by atoms with Gasteiger partial charge in [-0.2, -0.15) is 0 Å². The minimum atomic E-state index is -0.442. The molecule has 0 bridgehead atoms. The molecule has 0 amide bonds. The van der Waals surface area contributed by atoms with Crippen molar-refractivity contribution in [1.82, 2.24) is 5.32 Å². The molecule has 0 rings (SSSR count). The summed E-state index contributed by atoms with van der Waals surface area (Å²) < 4.78 is 5.04. The van der Waals surface area contributed by atoms with Crippen LogP contribution in [0.4, 0.5) is 0 Å². The Morgan fingerprint density at radius 2 is 2.08 bits per heavy atom. The SMILES string of the molecule is C[C@H](O)CNCC(=O)OC(C)(C)C. The zero-order valence-corrected chi connectivity index (χ0v) is 8.76. The van der Waals surface area contributed by atoms with Gasteiger partial charge in [-0.1, -0.05) is 0 Å². The van der Waals surface area contributed by atoms with Crippen LogP contribution in [0.2, 0.25) is 0 Å². The van der Waals surface area contributed by atoms with Crippen LogP contribution in [-0.4, -0.2) is 35.9 Å². The van der Waals surface area contributed by atoms with Crippen molar-refractivity contribution >= 4 is 5.97 Å². The Morgan fingerprint density at radius 1 is 1.54 bits per heavy atom. The van der Waals surface area contributed by atoms with E-state index in [1.165, 1.54) is 0 Å². The lowest BCUT2D eigenvalue weighted by Crippen LogP contribution is -2.34. The molecule has 0 aromatic carbocycles. The number of carbonyl (C=O) groups is 1. The number of rotatable bonds is 4. The smallest absolute Gasteiger partial charge is 0.320 e. The van der Waals surface area contributed by atoms with Crippen molar-refractivity contribution in [3.8, 4) is 0 Å². The fourth-order valence-electron chi connectivity index (χ4n) is 0.761. The maximum atomic E-state index is 11.1. The van der Waals surface area contributed by atoms with Gasteiger partial charge in [0.1, 0.15) is 5.60 Å². The Hall–Kier alpha value is -0.610. The maximum Gasteiger partial charge on any atom is 0.320 e. The lowest BCUT2D eigenvalue weighted by molar-refractivity contribution is -0.153. The molecule has 0 fully saturated rings. The van der Waals surface area contributed by atoms with Crippen molar-refractivity contribution in [2.75, 3.05) is 13.1 Å². The summed E-state index contributed by atoms with van der Waals surface area (Å²) in [5.41, 5.74) is -0.441. The largest absolute Gasteiger partial charge is 0.459 e. The van der Waals surface area contributed by atoms with E-state index in [-0.39, 0.29) is 12.5 Å². The molecule has 0 heterocycles. The molecule has 1 atom stereocenters. The van der Waals surface area contributed by atoms with Crippen molar-refractivity contribution in [3.63, 3.8) is 0 Å². The molecular formula is C9H19NO3. The second kappa shape index (κ2) is 5.19. The first-order valence-electron chi connectivity index (χ1n) is 4.42. The topological polar surface area (TPSA) is 58.6 Å². The van der Waals surface area contributed by atoms with E-state index in [0.717, 1.165) is 0 Å². The molecular weight excluding hydrogens is 170 g/mol. The molecule has 0 spiro atoms. The minimum Gasteiger partial charge on any atom is -0.459 e. The monoisotopic (exact) mass is 189 g/mol. The van der Waals surface area contributed by atoms with Gasteiger partial charge in [-0.25, -0.2) is 0 Å². The molecule has 0 saturated carbocycles. The number of ether oxygens (including phenoxy) is 1. The standard InChI is InChI=1S/C9H19NO3/c1-7(11)5-10-6-8(12)13-9(2,3)4/h7,10-11H,5-6H2,1-4H3/t7-/m0/s1. The highest BCUT2D eigenvalue weighted by molar-refractivity contribution is 5.72. The Bertz CT molecular complexity index is 161. The summed E-state index contributed by atoms with van der Waals surface area (Å²) in [5.74, 6) is -0.298. The first kappa shape index (κ1) is 12.4. The summed E-state index contributed by atoms with van der Waals surface area (Å²) in [6.45, 7) is 7.65. The molecule has 4 nitrogen and oxygen atoms in total. The first-order valence-corrected chi connectivity index (χ1v) is 4.42. The zero-order chi connectivity index (χ0) is 10.5. The molecule has 13 heavy (non-hydrogen) atoms. The average Bonchev–Trinajstić information content (AvgIpc) is 1.81. The quantitative estimate of drug-likeness (QED) is 0.624. The number of aliphatic hydroxyl groups is 1. The molecule has 78 valence electrons. The van der Waals surface area contributed by atoms with Crippen LogP contribution in [0, 0.1) is 0 Å². The van der Waals surface area contributed by atoms with Gasteiger partial charge in [-0.05, 0) is 27.7 Å². The van der Waals surface area contributed by atoms with Crippen LogP contribution in [0.3, 0.4) is 0 Å². The third kappa shape index (κ3) is 9.30. The van der Waals surface area contributed by atoms with Crippen LogP contribution >= 0.6 is 0 Å². The van der Waals surface area contributed by atoms with Crippen molar-refractivity contribution in [2.24, 2.45) is 0 Å². The van der Waals surface area contributed by atoms with Crippen molar-refractivity contribution < 1.29 is 14.6 Å². The first-order chi connectivity index (χ1) is 5.81. The number of carbonyl (C=O) groups excluding carboxylic acids is 1. The highest BCUT2D eigenvalue weighted by Crippen LogP contribution is 2.05. The second-order valence-corrected chi connectivity index (χ2v) is 4.07. The van der Waals surface area contributed by atoms with Gasteiger partial charge >= 0.3 is 5.97 Å². The molecule has 0 unspecified atom stereocenters. The molecule has 4 heteroatoms. The van der Waals surface area contributed by atoms with E-state index in [2.05, 4.69) is 5.32 Å². The van der Waals surface area contributed by atoms with Gasteiger partial charge in [-0.15, -0.1) is 0 Å². The summed E-state index contributed by atoms with van der Waals surface area (Å²) in [7, 11) is 0. The summed E-state index contributed by atoms with van der Waals surface area (Å²) >= 11 is 0. The van der Waals surface area contributed by atoms with Gasteiger partial charge in [0, 0.05) is 6.54 Å². The van der Waals surface area contributed by atoms with Gasteiger partial charge in [0.15, 0.2) is 0 Å². The molecule has 0 aromatic rings. The van der Waals surface area contributed by atoms with E-state index in [0.29, 0.717) is 6.54 Å². The van der Waals surface area contributed by atoms with Gasteiger partial charge in [0.05, 0.1) is 12.6 Å². The van der Waals surface area contributed by atoms with Crippen LogP contribution in [-0.2, 0) is 9.53 Å². The van der Waals surface area contributed by atoms with E-state index >= 15 is 0 Å². The summed E-state index contributed by atoms with van der Waals surface area (Å²) in [5, 5.41) is 11.7. The molecule has 0 saturated heterocycles. The number of nitrogens with one attached hydrogen (secondary N) is 1. The fraction of sp³-hybridized carbons (Fsp3) is 0.889. The maximum absolute atomic E-state index is 11.1. The van der Waals surface area contributed by atoms with Crippen LogP contribution in [0.1, 0.15) is 27.7 Å². The van der Waals surface area contributed by atoms with Gasteiger partial charge in [-0.3, -0.25) is 4.79 Å². The summed E-state index contributed by atoms with van der Waals surface area (Å²) in [6.07, 6.45) is -0.442. The Kier molecular flexibility index (Phi) is 4.95. The van der Waals surface area contributed by atoms with E-state index in [9.17, 15) is 4.79 Å². The van der Waals surface area contributed by atoms with Crippen LogP contribution < -0.4 is 5.32 Å². The molecule has 2 N–H and O–H groups in total. The minimum absolute atomic E-state index is 0.141. The number of aliphatic hydroxyl groups excluding tert-OH is 1. The van der Waals surface area contributed by atoms with Crippen LogP contribution in [0.5, 0.6) is 0 Å². The lowest BCUT2D eigenvalue weighted by atomic mass is 10.2. The molecule has 0 aliphatic rings. The fourth-order valence-corrected chi connectivity index (χ4v) is 0.761. The average molecular weight is 189 g/mol. The zero-order valence-electron chi connectivity index (χ0n) is 8.76. The third-order valence-corrected chi connectivity index (χ3v) is 1.13. The van der Waals surface area contributed by atoms with E-state index in [1.54, 1.807) is 6.92 Å². The third-order valence-electron chi connectivity index (χ3n) is 1.13. The second-order valence-electron chi connectivity index (χ2n) is 4.07. The Labute approximate surface area is 79.3 Å². The van der Waals surface area contributed by atoms with Crippen molar-refractivity contribution in [1.29, 1.82) is 0 Å². The predicted molar refractivity (Wildman–Crippen MR) is 50.4 cm³/mol. The summed E-state index contributed by atoms with van der Waals surface area (Å²) in [4.78, 5) is 11.1. The van der Waals surface area contributed by atoms with Crippen molar-refractivity contribution in [2.45, 2.75) is 39.4 Å².